The van der Waals surface area contributed by atoms with Crippen molar-refractivity contribution < 1.29 is 23.1 Å². The number of anilines is 1. The molecule has 1 saturated carbocycles. The molecule has 10 heteroatoms. The number of hydrogen-bond donors (Lipinski definition) is 2. The summed E-state index contributed by atoms with van der Waals surface area (Å²) < 4.78 is 39.7. The van der Waals surface area contributed by atoms with E-state index in [0.29, 0.717) is 24.6 Å². The Morgan fingerprint density at radius 2 is 1.90 bits per heavy atom. The van der Waals surface area contributed by atoms with E-state index in [2.05, 4.69) is 14.9 Å². The number of aliphatic hydroxyl groups excluding tert-OH is 1. The Balaban J connectivity index is 1.60. The number of nitrogens with zero attached hydrogens (tertiary/aromatic N) is 4. The zero-order valence-electron chi connectivity index (χ0n) is 16.3. The van der Waals surface area contributed by atoms with E-state index in [1.807, 2.05) is 0 Å². The molecule has 4 rings (SSSR count). The van der Waals surface area contributed by atoms with Gasteiger partial charge in [0, 0.05) is 24.5 Å². The molecule has 1 aromatic carbocycles. The second-order valence-corrected chi connectivity index (χ2v) is 8.09. The molecule has 2 heterocycles. The SMILES string of the molecule is NC(=O)CN(c1ncnc2ccc(C(F)(F)F)cc12)C1CN(C2CCC(O)CC2)C1. The number of hydrogen-bond acceptors (Lipinski definition) is 6. The van der Waals surface area contributed by atoms with Crippen molar-refractivity contribution in [3.05, 3.63) is 30.1 Å². The largest absolute Gasteiger partial charge is 0.416 e. The van der Waals surface area contributed by atoms with Crippen LogP contribution in [-0.2, 0) is 11.0 Å². The molecule has 1 saturated heterocycles. The molecule has 1 aromatic heterocycles. The second-order valence-electron chi connectivity index (χ2n) is 8.09. The molecule has 0 spiro atoms. The van der Waals surface area contributed by atoms with Crippen molar-refractivity contribution in [3.63, 3.8) is 0 Å². The number of benzene rings is 1. The highest BCUT2D eigenvalue weighted by Gasteiger charge is 2.39. The molecular weight excluding hydrogens is 399 g/mol. The second kappa shape index (κ2) is 7.99. The summed E-state index contributed by atoms with van der Waals surface area (Å²) in [6.45, 7) is 1.20. The van der Waals surface area contributed by atoms with Crippen LogP contribution in [0.15, 0.2) is 24.5 Å². The number of carbonyl (C=O) groups excluding carboxylic acids is 1. The molecule has 0 radical (unpaired) electrons. The maximum atomic E-state index is 13.2. The number of carbonyl (C=O) groups is 1. The van der Waals surface area contributed by atoms with Gasteiger partial charge >= 0.3 is 6.18 Å². The zero-order chi connectivity index (χ0) is 21.5. The molecule has 0 unspecified atom stereocenters. The van der Waals surface area contributed by atoms with Crippen LogP contribution in [0.1, 0.15) is 31.2 Å². The van der Waals surface area contributed by atoms with Gasteiger partial charge < -0.3 is 15.7 Å². The van der Waals surface area contributed by atoms with Crippen molar-refractivity contribution in [2.24, 2.45) is 5.73 Å². The van der Waals surface area contributed by atoms with Gasteiger partial charge in [-0.2, -0.15) is 13.2 Å². The number of halogens is 3. The zero-order valence-corrected chi connectivity index (χ0v) is 16.3. The summed E-state index contributed by atoms with van der Waals surface area (Å²) in [5.74, 6) is -0.290. The molecule has 3 N–H and O–H groups in total. The summed E-state index contributed by atoms with van der Waals surface area (Å²) in [6, 6.07) is 3.61. The highest BCUT2D eigenvalue weighted by atomic mass is 19.4. The maximum Gasteiger partial charge on any atom is 0.416 e. The Morgan fingerprint density at radius 3 is 2.53 bits per heavy atom. The molecule has 0 bridgehead atoms. The molecule has 1 aliphatic heterocycles. The van der Waals surface area contributed by atoms with E-state index in [0.717, 1.165) is 37.8 Å². The van der Waals surface area contributed by atoms with Crippen LogP contribution in [0.5, 0.6) is 0 Å². The van der Waals surface area contributed by atoms with Crippen LogP contribution in [0.3, 0.4) is 0 Å². The third-order valence-corrected chi connectivity index (χ3v) is 6.05. The van der Waals surface area contributed by atoms with Gasteiger partial charge in [0.1, 0.15) is 12.1 Å². The summed E-state index contributed by atoms with van der Waals surface area (Å²) in [6.07, 6.45) is -0.0716. The number of alkyl halides is 3. The fraction of sp³-hybridized carbons (Fsp3) is 0.550. The number of likely N-dealkylation sites (tertiary alicyclic amines) is 1. The first kappa shape index (κ1) is 20.8. The van der Waals surface area contributed by atoms with E-state index < -0.39 is 17.6 Å². The first-order valence-corrected chi connectivity index (χ1v) is 10.0. The highest BCUT2D eigenvalue weighted by Crippen LogP contribution is 2.35. The molecule has 2 aliphatic rings. The van der Waals surface area contributed by atoms with Crippen LogP contribution in [0.4, 0.5) is 19.0 Å². The predicted octanol–water partition coefficient (Wildman–Crippen LogP) is 1.93. The van der Waals surface area contributed by atoms with Crippen molar-refractivity contribution in [3.8, 4) is 0 Å². The number of primary amides is 1. The lowest BCUT2D eigenvalue weighted by molar-refractivity contribution is -0.137. The first-order valence-electron chi connectivity index (χ1n) is 10.0. The van der Waals surface area contributed by atoms with Gasteiger partial charge in [0.25, 0.3) is 0 Å². The standard InChI is InChI=1S/C20H24F3N5O2/c21-20(22,23)12-1-6-17-16(7-12)19(26-11-25-17)28(10-18(24)30)14-8-27(9-14)13-2-4-15(29)5-3-13/h1,6-7,11,13-15,29H,2-5,8-10H2,(H2,24,30). The minimum absolute atomic E-state index is 0.0861. The quantitative estimate of drug-likeness (QED) is 0.763. The number of fused-ring (bicyclic) bond motifs is 1. The van der Waals surface area contributed by atoms with Crippen molar-refractivity contribution in [1.82, 2.24) is 14.9 Å². The Morgan fingerprint density at radius 1 is 1.20 bits per heavy atom. The monoisotopic (exact) mass is 423 g/mol. The van der Waals surface area contributed by atoms with Gasteiger partial charge in [-0.1, -0.05) is 0 Å². The minimum atomic E-state index is -4.49. The fourth-order valence-corrected chi connectivity index (χ4v) is 4.40. The average Bonchev–Trinajstić information content (AvgIpc) is 2.65. The Labute approximate surface area is 171 Å². The third kappa shape index (κ3) is 4.20. The van der Waals surface area contributed by atoms with E-state index in [1.54, 1.807) is 4.90 Å². The highest BCUT2D eigenvalue weighted by molar-refractivity contribution is 5.92. The number of aliphatic hydroxyl groups is 1. The van der Waals surface area contributed by atoms with Crippen LogP contribution in [0, 0.1) is 0 Å². The molecule has 2 aromatic rings. The van der Waals surface area contributed by atoms with Gasteiger partial charge in [-0.3, -0.25) is 9.69 Å². The maximum absolute atomic E-state index is 13.2. The fourth-order valence-electron chi connectivity index (χ4n) is 4.40. The Hall–Kier alpha value is -2.46. The van der Waals surface area contributed by atoms with Crippen molar-refractivity contribution in [1.29, 1.82) is 0 Å². The number of rotatable bonds is 5. The van der Waals surface area contributed by atoms with E-state index in [9.17, 15) is 23.1 Å². The van der Waals surface area contributed by atoms with Crippen molar-refractivity contribution in [2.75, 3.05) is 24.5 Å². The normalized spacial score (nSPS) is 23.3. The van der Waals surface area contributed by atoms with Crippen LogP contribution in [-0.4, -0.2) is 63.7 Å². The molecule has 2 fully saturated rings. The van der Waals surface area contributed by atoms with E-state index in [-0.39, 0.29) is 29.9 Å². The number of nitrogens with two attached hydrogens (primary N) is 1. The predicted molar refractivity (Wildman–Crippen MR) is 105 cm³/mol. The molecule has 7 nitrogen and oxygen atoms in total. The Kier molecular flexibility index (Phi) is 5.54. The van der Waals surface area contributed by atoms with Gasteiger partial charge in [-0.05, 0) is 43.9 Å². The van der Waals surface area contributed by atoms with Gasteiger partial charge in [-0.15, -0.1) is 0 Å². The Bertz CT molecular complexity index is 924. The smallest absolute Gasteiger partial charge is 0.393 e. The van der Waals surface area contributed by atoms with Gasteiger partial charge in [0.15, 0.2) is 0 Å². The molecule has 162 valence electrons. The third-order valence-electron chi connectivity index (χ3n) is 6.05. The van der Waals surface area contributed by atoms with E-state index >= 15 is 0 Å². The lowest BCUT2D eigenvalue weighted by Crippen LogP contribution is -2.64. The average molecular weight is 423 g/mol. The van der Waals surface area contributed by atoms with E-state index in [1.165, 1.54) is 12.4 Å². The van der Waals surface area contributed by atoms with Gasteiger partial charge in [0.05, 0.1) is 29.8 Å². The summed E-state index contributed by atoms with van der Waals surface area (Å²) in [4.78, 5) is 24.0. The topological polar surface area (TPSA) is 95.6 Å². The first-order chi connectivity index (χ1) is 14.2. The molecule has 1 aliphatic carbocycles. The minimum Gasteiger partial charge on any atom is -0.393 e. The van der Waals surface area contributed by atoms with Crippen LogP contribution in [0.25, 0.3) is 10.9 Å². The summed E-state index contributed by atoms with van der Waals surface area (Å²) in [7, 11) is 0. The molecule has 1 amide bonds. The summed E-state index contributed by atoms with van der Waals surface area (Å²) in [5.41, 5.74) is 5.02. The van der Waals surface area contributed by atoms with Crippen molar-refractivity contribution >= 4 is 22.6 Å². The summed E-state index contributed by atoms with van der Waals surface area (Å²) >= 11 is 0. The molecular formula is C20H24F3N5O2. The lowest BCUT2D eigenvalue weighted by Gasteiger charge is -2.50. The molecule has 30 heavy (non-hydrogen) atoms. The van der Waals surface area contributed by atoms with Gasteiger partial charge in [-0.25, -0.2) is 9.97 Å². The van der Waals surface area contributed by atoms with Crippen molar-refractivity contribution in [2.45, 2.75) is 50.0 Å². The number of amides is 1. The van der Waals surface area contributed by atoms with Crippen LogP contribution >= 0.6 is 0 Å². The van der Waals surface area contributed by atoms with Crippen LogP contribution < -0.4 is 10.6 Å². The summed E-state index contributed by atoms with van der Waals surface area (Å²) in [5, 5.41) is 9.94. The number of aromatic nitrogens is 2. The van der Waals surface area contributed by atoms with E-state index in [4.69, 9.17) is 5.73 Å². The van der Waals surface area contributed by atoms with Crippen LogP contribution in [0.2, 0.25) is 0 Å². The molecule has 0 atom stereocenters. The van der Waals surface area contributed by atoms with Gasteiger partial charge in [0.2, 0.25) is 5.91 Å². The lowest BCUT2D eigenvalue weighted by atomic mass is 9.89.